The minimum absolute atomic E-state index is 0.00339. The number of aromatic nitrogens is 3. The van der Waals surface area contributed by atoms with Crippen LogP contribution in [0.5, 0.6) is 0 Å². The summed E-state index contributed by atoms with van der Waals surface area (Å²) in [5, 5.41) is 33.4. The number of carbonyl (C=O) groups is 1. The molecule has 0 aliphatic carbocycles. The van der Waals surface area contributed by atoms with Crippen molar-refractivity contribution < 1.29 is 27.8 Å². The second-order valence-corrected chi connectivity index (χ2v) is 10.9. The molecular weight excluding hydrogens is 563 g/mol. The van der Waals surface area contributed by atoms with Gasteiger partial charge in [0.1, 0.15) is 29.6 Å². The van der Waals surface area contributed by atoms with Crippen molar-refractivity contribution in [2.24, 2.45) is 5.73 Å². The smallest absolute Gasteiger partial charge is 0.404 e. The molecule has 0 saturated carbocycles. The van der Waals surface area contributed by atoms with Crippen molar-refractivity contribution in [1.29, 1.82) is 10.5 Å². The number of halogens is 3. The highest BCUT2D eigenvalue weighted by atomic mass is 19.1. The molecule has 1 saturated heterocycles. The lowest BCUT2D eigenvalue weighted by atomic mass is 9.93. The SMILES string of the molecule is CC(C)(O)Cn1nc(F)c2cc(-c3c(C#N)cc(N4CCC(OC(N)=O)CC4)nc3-c3ccc(C#N)c(F)c3)c(F)cc21. The minimum atomic E-state index is -1.26. The maximum atomic E-state index is 15.9. The van der Waals surface area contributed by atoms with E-state index in [-0.39, 0.29) is 57.1 Å². The number of hydrogen-bond donors (Lipinski definition) is 2. The van der Waals surface area contributed by atoms with Crippen molar-refractivity contribution in [1.82, 2.24) is 14.8 Å². The molecule has 4 aromatic rings. The molecule has 1 amide bonds. The van der Waals surface area contributed by atoms with Gasteiger partial charge in [0.15, 0.2) is 0 Å². The Hall–Kier alpha value is -5.14. The van der Waals surface area contributed by atoms with Crippen LogP contribution < -0.4 is 10.6 Å². The summed E-state index contributed by atoms with van der Waals surface area (Å²) in [6.07, 6.45) is -0.384. The third-order valence-corrected chi connectivity index (χ3v) is 7.14. The van der Waals surface area contributed by atoms with E-state index in [1.165, 1.54) is 38.1 Å². The van der Waals surface area contributed by atoms with Gasteiger partial charge in [0, 0.05) is 48.7 Å². The van der Waals surface area contributed by atoms with Crippen molar-refractivity contribution in [2.45, 2.75) is 44.9 Å². The maximum absolute atomic E-state index is 15.9. The number of benzene rings is 2. The lowest BCUT2D eigenvalue weighted by molar-refractivity contribution is 0.0586. The molecule has 0 spiro atoms. The van der Waals surface area contributed by atoms with Gasteiger partial charge in [0.05, 0.1) is 45.9 Å². The van der Waals surface area contributed by atoms with Gasteiger partial charge in [0.2, 0.25) is 5.95 Å². The normalized spacial score (nSPS) is 14.0. The quantitative estimate of drug-likeness (QED) is 0.326. The molecule has 2 aromatic carbocycles. The van der Waals surface area contributed by atoms with Crippen LogP contribution in [0, 0.1) is 40.2 Å². The Kier molecular flexibility index (Phi) is 7.69. The van der Waals surface area contributed by atoms with Crippen LogP contribution in [-0.4, -0.2) is 50.8 Å². The fourth-order valence-electron chi connectivity index (χ4n) is 5.22. The van der Waals surface area contributed by atoms with E-state index in [1.54, 1.807) is 6.07 Å². The Bertz CT molecular complexity index is 1830. The van der Waals surface area contributed by atoms with Gasteiger partial charge in [-0.25, -0.2) is 18.6 Å². The number of amides is 1. The number of hydrogen-bond acceptors (Lipinski definition) is 8. The number of piperidine rings is 1. The lowest BCUT2D eigenvalue weighted by Crippen LogP contribution is -2.39. The van der Waals surface area contributed by atoms with Crippen LogP contribution in [0.3, 0.4) is 0 Å². The van der Waals surface area contributed by atoms with E-state index in [9.17, 15) is 24.8 Å². The third-order valence-electron chi connectivity index (χ3n) is 7.14. The van der Waals surface area contributed by atoms with Crippen molar-refractivity contribution in [3.63, 3.8) is 0 Å². The maximum Gasteiger partial charge on any atom is 0.404 e. The van der Waals surface area contributed by atoms with Crippen LogP contribution in [-0.2, 0) is 11.3 Å². The highest BCUT2D eigenvalue weighted by Crippen LogP contribution is 2.40. The summed E-state index contributed by atoms with van der Waals surface area (Å²) in [7, 11) is 0. The number of ether oxygens (including phenoxy) is 1. The van der Waals surface area contributed by atoms with Gasteiger partial charge in [-0.05, 0) is 38.1 Å². The van der Waals surface area contributed by atoms with Gasteiger partial charge < -0.3 is 20.5 Å². The van der Waals surface area contributed by atoms with Gasteiger partial charge in [-0.2, -0.15) is 14.9 Å². The summed E-state index contributed by atoms with van der Waals surface area (Å²) in [5.74, 6) is -2.23. The zero-order chi connectivity index (χ0) is 31.1. The van der Waals surface area contributed by atoms with Crippen LogP contribution in [0.1, 0.15) is 37.8 Å². The van der Waals surface area contributed by atoms with Crippen molar-refractivity contribution >= 4 is 22.8 Å². The summed E-state index contributed by atoms with van der Waals surface area (Å²) in [4.78, 5) is 17.7. The molecule has 0 atom stereocenters. The molecule has 220 valence electrons. The van der Waals surface area contributed by atoms with Crippen LogP contribution in [0.15, 0.2) is 36.4 Å². The van der Waals surface area contributed by atoms with E-state index in [0.717, 1.165) is 16.8 Å². The number of nitrogens with two attached hydrogens (primary N) is 1. The molecule has 0 unspecified atom stereocenters. The molecule has 3 N–H and O–H groups in total. The summed E-state index contributed by atoms with van der Waals surface area (Å²) < 4.78 is 52.0. The van der Waals surface area contributed by atoms with E-state index in [2.05, 4.69) is 11.2 Å². The molecule has 1 aliphatic rings. The fraction of sp³-hybridized carbons (Fsp3) is 0.300. The van der Waals surface area contributed by atoms with E-state index in [0.29, 0.717) is 31.7 Å². The first kappa shape index (κ1) is 29.4. The second kappa shape index (κ2) is 11.3. The van der Waals surface area contributed by atoms with Gasteiger partial charge in [-0.15, -0.1) is 5.10 Å². The number of fused-ring (bicyclic) bond motifs is 1. The van der Waals surface area contributed by atoms with Crippen LogP contribution in [0.2, 0.25) is 0 Å². The average molecular weight is 590 g/mol. The summed E-state index contributed by atoms with van der Waals surface area (Å²) >= 11 is 0. The Morgan fingerprint density at radius 3 is 2.40 bits per heavy atom. The molecule has 10 nitrogen and oxygen atoms in total. The van der Waals surface area contributed by atoms with Gasteiger partial charge in [-0.3, -0.25) is 4.68 Å². The van der Waals surface area contributed by atoms with E-state index >= 15 is 8.78 Å². The first-order chi connectivity index (χ1) is 20.4. The van der Waals surface area contributed by atoms with E-state index in [4.69, 9.17) is 15.5 Å². The Balaban J connectivity index is 1.69. The predicted molar refractivity (Wildman–Crippen MR) is 150 cm³/mol. The van der Waals surface area contributed by atoms with Gasteiger partial charge >= 0.3 is 6.09 Å². The Labute approximate surface area is 244 Å². The second-order valence-electron chi connectivity index (χ2n) is 10.9. The number of pyridine rings is 1. The molecule has 43 heavy (non-hydrogen) atoms. The average Bonchev–Trinajstić information content (AvgIpc) is 3.23. The number of nitrogens with zero attached hydrogens (tertiary/aromatic N) is 6. The van der Waals surface area contributed by atoms with Crippen LogP contribution >= 0.6 is 0 Å². The zero-order valence-corrected chi connectivity index (χ0v) is 23.2. The lowest BCUT2D eigenvalue weighted by Gasteiger charge is -2.32. The van der Waals surface area contributed by atoms with Crippen LogP contribution in [0.25, 0.3) is 33.3 Å². The standard InChI is InChI=1S/C30H26F3N7O3/c1-30(2,42)15-40-24-12-23(32)20(11-21(24)28(33)38-40)26-18(14-35)10-25(39-7-5-19(6-8-39)43-29(36)41)37-27(26)16-3-4-17(13-34)22(31)9-16/h3-4,9-12,19,42H,5-8,15H2,1-2H3,(H2,36,41). The van der Waals surface area contributed by atoms with Gasteiger partial charge in [0.25, 0.3) is 0 Å². The molecule has 0 radical (unpaired) electrons. The molecule has 1 fully saturated rings. The Morgan fingerprint density at radius 1 is 1.09 bits per heavy atom. The molecule has 0 bridgehead atoms. The fourth-order valence-corrected chi connectivity index (χ4v) is 5.22. The van der Waals surface area contributed by atoms with Gasteiger partial charge in [-0.1, -0.05) is 6.07 Å². The van der Waals surface area contributed by atoms with Crippen molar-refractivity contribution in [2.75, 3.05) is 18.0 Å². The molecule has 5 rings (SSSR count). The molecule has 2 aromatic heterocycles. The highest BCUT2D eigenvalue weighted by molar-refractivity contribution is 5.92. The number of carbonyl (C=O) groups excluding carboxylic acids is 1. The van der Waals surface area contributed by atoms with Crippen molar-refractivity contribution in [3.8, 4) is 34.5 Å². The molecule has 3 heterocycles. The molecular formula is C30H26F3N7O3. The van der Waals surface area contributed by atoms with E-state index < -0.39 is 29.3 Å². The molecule has 1 aliphatic heterocycles. The summed E-state index contributed by atoms with van der Waals surface area (Å²) in [6.45, 7) is 3.69. The van der Waals surface area contributed by atoms with Crippen molar-refractivity contribution in [3.05, 3.63) is 65.1 Å². The number of rotatable bonds is 6. The van der Waals surface area contributed by atoms with Crippen LogP contribution in [0.4, 0.5) is 23.8 Å². The first-order valence-electron chi connectivity index (χ1n) is 13.3. The topological polar surface area (TPSA) is 154 Å². The number of anilines is 1. The summed E-state index contributed by atoms with van der Waals surface area (Å²) in [6, 6.07) is 11.3. The molecule has 13 heteroatoms. The largest absolute Gasteiger partial charge is 0.446 e. The Morgan fingerprint density at radius 2 is 1.79 bits per heavy atom. The summed E-state index contributed by atoms with van der Waals surface area (Å²) in [5.41, 5.74) is 3.77. The number of primary amides is 1. The minimum Gasteiger partial charge on any atom is -0.446 e. The zero-order valence-electron chi connectivity index (χ0n) is 23.2. The predicted octanol–water partition coefficient (Wildman–Crippen LogP) is 4.76. The number of nitriles is 2. The monoisotopic (exact) mass is 589 g/mol. The number of aliphatic hydroxyl groups is 1. The third kappa shape index (κ3) is 5.94. The highest BCUT2D eigenvalue weighted by Gasteiger charge is 2.27. The first-order valence-corrected chi connectivity index (χ1v) is 13.3. The van der Waals surface area contributed by atoms with E-state index in [1.807, 2.05) is 4.90 Å².